The highest BCUT2D eigenvalue weighted by Gasteiger charge is 2.35. The Morgan fingerprint density at radius 2 is 1.73 bits per heavy atom. The first-order valence-corrected chi connectivity index (χ1v) is 14.1. The summed E-state index contributed by atoms with van der Waals surface area (Å²) in [5.74, 6) is -1.15. The van der Waals surface area contributed by atoms with Gasteiger partial charge in [-0.3, -0.25) is 4.79 Å². The normalized spacial score (nSPS) is 19.6. The van der Waals surface area contributed by atoms with E-state index in [0.29, 0.717) is 24.4 Å². The number of piperidine rings is 1. The smallest absolute Gasteiger partial charge is 0.354 e. The van der Waals surface area contributed by atoms with Crippen LogP contribution in [-0.4, -0.2) is 68.8 Å². The van der Waals surface area contributed by atoms with Crippen molar-refractivity contribution in [1.29, 1.82) is 0 Å². The van der Waals surface area contributed by atoms with Gasteiger partial charge in [-0.15, -0.1) is 5.10 Å². The fraction of sp³-hybridized carbons (Fsp3) is 0.387. The minimum absolute atomic E-state index is 0.0100. The summed E-state index contributed by atoms with van der Waals surface area (Å²) in [6.45, 7) is 9.39. The van der Waals surface area contributed by atoms with Gasteiger partial charge in [-0.2, -0.15) is 0 Å². The molecule has 1 atom stereocenters. The number of nitrogens with zero attached hydrogens (tertiary/aromatic N) is 6. The molecule has 0 unspecified atom stereocenters. The van der Waals surface area contributed by atoms with Crippen molar-refractivity contribution in [2.24, 2.45) is 0 Å². The van der Waals surface area contributed by atoms with E-state index < -0.39 is 5.97 Å². The first kappa shape index (κ1) is 26.7. The van der Waals surface area contributed by atoms with Crippen LogP contribution in [0.3, 0.4) is 0 Å². The average Bonchev–Trinajstić information content (AvgIpc) is 3.59. The van der Waals surface area contributed by atoms with E-state index in [1.54, 1.807) is 17.5 Å². The number of aromatic carboxylic acids is 1. The van der Waals surface area contributed by atoms with Crippen LogP contribution in [0, 0.1) is 13.8 Å². The van der Waals surface area contributed by atoms with Crippen molar-refractivity contribution in [3.05, 3.63) is 83.1 Å². The highest BCUT2D eigenvalue weighted by atomic mass is 16.4. The van der Waals surface area contributed by atoms with Gasteiger partial charge in [0, 0.05) is 49.0 Å². The van der Waals surface area contributed by atoms with Gasteiger partial charge in [-0.1, -0.05) is 37.3 Å². The molecule has 0 bridgehead atoms. The van der Waals surface area contributed by atoms with E-state index in [2.05, 4.69) is 73.5 Å². The minimum atomic E-state index is -1.04. The summed E-state index contributed by atoms with van der Waals surface area (Å²) in [5.41, 5.74) is 5.73. The van der Waals surface area contributed by atoms with E-state index in [9.17, 15) is 14.7 Å². The van der Waals surface area contributed by atoms with Gasteiger partial charge in [0.2, 0.25) is 5.82 Å². The number of carboxylic acids is 1. The van der Waals surface area contributed by atoms with Crippen molar-refractivity contribution < 1.29 is 14.7 Å². The minimum Gasteiger partial charge on any atom is -0.477 e. The van der Waals surface area contributed by atoms with Crippen LogP contribution in [-0.2, 0) is 5.41 Å². The lowest BCUT2D eigenvalue weighted by molar-refractivity contribution is 0.0690. The van der Waals surface area contributed by atoms with Crippen LogP contribution in [0.2, 0.25) is 0 Å². The van der Waals surface area contributed by atoms with Crippen LogP contribution >= 0.6 is 0 Å². The Morgan fingerprint density at radius 1 is 0.976 bits per heavy atom. The number of rotatable bonds is 6. The molecule has 0 radical (unpaired) electrons. The van der Waals surface area contributed by atoms with Crippen LogP contribution in [0.4, 0.5) is 11.4 Å². The Morgan fingerprint density at radius 3 is 2.46 bits per heavy atom. The number of carbonyl (C=O) groups is 2. The summed E-state index contributed by atoms with van der Waals surface area (Å²) < 4.78 is 1.73. The van der Waals surface area contributed by atoms with Crippen LogP contribution in [0.15, 0.2) is 54.7 Å². The summed E-state index contributed by atoms with van der Waals surface area (Å²) >= 11 is 0. The van der Waals surface area contributed by atoms with E-state index in [4.69, 9.17) is 0 Å². The van der Waals surface area contributed by atoms with Gasteiger partial charge in [0.05, 0.1) is 11.9 Å². The Kier molecular flexibility index (Phi) is 6.84. The molecule has 3 aromatic heterocycles. The lowest BCUT2D eigenvalue weighted by Crippen LogP contribution is -2.45. The molecule has 212 valence electrons. The number of carboxylic acid groups (broad SMARTS) is 1. The number of carbonyl (C=O) groups excluding carboxylic acids is 1. The maximum atomic E-state index is 13.1. The zero-order valence-corrected chi connectivity index (χ0v) is 23.7. The number of amides is 1. The zero-order valence-electron chi connectivity index (χ0n) is 23.7. The van der Waals surface area contributed by atoms with Gasteiger partial charge in [0.1, 0.15) is 0 Å². The second-order valence-corrected chi connectivity index (χ2v) is 11.6. The molecule has 6 rings (SSSR count). The van der Waals surface area contributed by atoms with Crippen molar-refractivity contribution in [2.45, 2.75) is 51.5 Å². The highest BCUT2D eigenvalue weighted by Crippen LogP contribution is 2.36. The predicted octanol–water partition coefficient (Wildman–Crippen LogP) is 4.01. The molecule has 1 aromatic carbocycles. The number of benzene rings is 1. The largest absolute Gasteiger partial charge is 0.477 e. The Balaban J connectivity index is 1.11. The number of hydrogen-bond acceptors (Lipinski definition) is 7. The Hall–Kier alpha value is -4.47. The van der Waals surface area contributed by atoms with Crippen molar-refractivity contribution >= 4 is 28.9 Å². The third kappa shape index (κ3) is 5.33. The average molecular weight is 554 g/mol. The quantitative estimate of drug-likeness (QED) is 0.368. The van der Waals surface area contributed by atoms with Gasteiger partial charge in [0.15, 0.2) is 11.3 Å². The zero-order chi connectivity index (χ0) is 28.7. The fourth-order valence-corrected chi connectivity index (χ4v) is 6.13. The van der Waals surface area contributed by atoms with Gasteiger partial charge in [-0.05, 0) is 62.4 Å². The van der Waals surface area contributed by atoms with Gasteiger partial charge >= 0.3 is 5.97 Å². The monoisotopic (exact) mass is 553 g/mol. The molecule has 0 spiro atoms. The molecular formula is C31H35N7O3. The second kappa shape index (κ2) is 10.5. The van der Waals surface area contributed by atoms with Crippen molar-refractivity contribution in [3.8, 4) is 0 Å². The maximum absolute atomic E-state index is 13.1. The van der Waals surface area contributed by atoms with Crippen LogP contribution in [0.1, 0.15) is 64.1 Å². The molecule has 10 nitrogen and oxygen atoms in total. The maximum Gasteiger partial charge on any atom is 0.354 e. The Labute approximate surface area is 239 Å². The number of anilines is 2. The van der Waals surface area contributed by atoms with Crippen molar-refractivity contribution in [1.82, 2.24) is 24.9 Å². The van der Waals surface area contributed by atoms with Gasteiger partial charge in [0.25, 0.3) is 5.91 Å². The lowest BCUT2D eigenvalue weighted by Gasteiger charge is -2.34. The molecule has 10 heteroatoms. The molecule has 2 fully saturated rings. The number of fused-ring (bicyclic) bond motifs is 1. The summed E-state index contributed by atoms with van der Waals surface area (Å²) in [4.78, 5) is 37.7. The van der Waals surface area contributed by atoms with Gasteiger partial charge in [-0.25, -0.2) is 19.3 Å². The lowest BCUT2D eigenvalue weighted by atomic mass is 9.82. The number of pyridine rings is 2. The van der Waals surface area contributed by atoms with Crippen LogP contribution in [0.5, 0.6) is 0 Å². The third-order valence-corrected chi connectivity index (χ3v) is 8.47. The van der Waals surface area contributed by atoms with E-state index in [-0.39, 0.29) is 28.9 Å². The molecule has 5 heterocycles. The van der Waals surface area contributed by atoms with Gasteiger partial charge < -0.3 is 20.2 Å². The second-order valence-electron chi connectivity index (χ2n) is 11.6. The molecule has 2 aliphatic rings. The first-order chi connectivity index (χ1) is 19.7. The summed E-state index contributed by atoms with van der Waals surface area (Å²) in [7, 11) is 0. The van der Waals surface area contributed by atoms with Crippen LogP contribution in [0.25, 0.3) is 5.65 Å². The van der Waals surface area contributed by atoms with Crippen LogP contribution < -0.4 is 15.1 Å². The van der Waals surface area contributed by atoms with E-state index in [1.165, 1.54) is 5.56 Å². The molecule has 41 heavy (non-hydrogen) atoms. The molecule has 2 N–H and O–H groups in total. The SMILES string of the molecule is Cc1cc(N2CCC(NC(=O)c3nc4c(C)cc(N5CC[C@](C)(c6ccccc6)C5)cn4n3)CC2)cc(C(=O)O)n1. The molecule has 0 saturated carbocycles. The predicted molar refractivity (Wildman–Crippen MR) is 157 cm³/mol. The summed E-state index contributed by atoms with van der Waals surface area (Å²) in [6.07, 6.45) is 4.52. The third-order valence-electron chi connectivity index (χ3n) is 8.47. The van der Waals surface area contributed by atoms with E-state index >= 15 is 0 Å². The number of nitrogens with one attached hydrogen (secondary N) is 1. The summed E-state index contributed by atoms with van der Waals surface area (Å²) in [6, 6.07) is 16.3. The fourth-order valence-electron chi connectivity index (χ4n) is 6.13. The molecule has 2 aliphatic heterocycles. The summed E-state index contributed by atoms with van der Waals surface area (Å²) in [5, 5.41) is 17.0. The molecule has 0 aliphatic carbocycles. The number of aryl methyl sites for hydroxylation is 2. The number of aromatic nitrogens is 4. The van der Waals surface area contributed by atoms with Crippen molar-refractivity contribution in [2.75, 3.05) is 36.0 Å². The molecular weight excluding hydrogens is 518 g/mol. The number of hydrogen-bond donors (Lipinski definition) is 2. The van der Waals surface area contributed by atoms with E-state index in [0.717, 1.165) is 49.3 Å². The highest BCUT2D eigenvalue weighted by molar-refractivity contribution is 5.91. The topological polar surface area (TPSA) is 116 Å². The van der Waals surface area contributed by atoms with Crippen molar-refractivity contribution in [3.63, 3.8) is 0 Å². The Bertz CT molecular complexity index is 1610. The molecule has 1 amide bonds. The molecule has 2 saturated heterocycles. The molecule has 4 aromatic rings. The van der Waals surface area contributed by atoms with E-state index in [1.807, 2.05) is 19.2 Å². The standard InChI is InChI=1S/C31H35N7O3/c1-20-15-25(37-14-11-31(3,19-37)22-7-5-4-6-8-22)18-38-28(20)34-27(35-38)29(39)33-23-9-12-36(13-10-23)24-16-21(2)32-26(17-24)30(40)41/h4-8,15-18,23H,9-14,19H2,1-3H3,(H,33,39)(H,40,41)/t31-/m0/s1. The first-order valence-electron chi connectivity index (χ1n) is 14.1.